The van der Waals surface area contributed by atoms with Crippen molar-refractivity contribution in [3.63, 3.8) is 0 Å². The normalized spacial score (nSPS) is 12.2. The van der Waals surface area contributed by atoms with Gasteiger partial charge in [0.2, 0.25) is 5.91 Å². The van der Waals surface area contributed by atoms with Gasteiger partial charge in [-0.25, -0.2) is 9.78 Å². The summed E-state index contributed by atoms with van der Waals surface area (Å²) < 4.78 is 12.4. The number of amides is 1. The summed E-state index contributed by atoms with van der Waals surface area (Å²) in [6.07, 6.45) is 0.487. The minimum Gasteiger partial charge on any atom is -0.493 e. The second-order valence-corrected chi connectivity index (χ2v) is 7.57. The van der Waals surface area contributed by atoms with Crippen molar-refractivity contribution in [3.8, 4) is 11.5 Å². The number of imidazole rings is 1. The highest BCUT2D eigenvalue weighted by Gasteiger charge is 2.15. The van der Waals surface area contributed by atoms with E-state index in [0.717, 1.165) is 5.56 Å². The zero-order valence-electron chi connectivity index (χ0n) is 18.2. The number of ether oxygens (including phenoxy) is 2. The third-order valence-electron chi connectivity index (χ3n) is 4.82. The fourth-order valence-corrected chi connectivity index (χ4v) is 3.20. The topological polar surface area (TPSA) is 131 Å². The molecule has 0 aliphatic carbocycles. The second-order valence-electron chi connectivity index (χ2n) is 7.57. The van der Waals surface area contributed by atoms with Gasteiger partial charge in [-0.2, -0.15) is 0 Å². The average Bonchev–Trinajstić information content (AvgIpc) is 3.15. The van der Waals surface area contributed by atoms with Crippen molar-refractivity contribution < 1.29 is 14.3 Å². The summed E-state index contributed by atoms with van der Waals surface area (Å²) in [7, 11) is 3.09. The fraction of sp³-hybridized carbons (Fsp3) is 0.429. The van der Waals surface area contributed by atoms with E-state index in [9.17, 15) is 14.4 Å². The molecule has 1 amide bonds. The second kappa shape index (κ2) is 9.07. The van der Waals surface area contributed by atoms with Crippen LogP contribution in [0.5, 0.6) is 11.5 Å². The lowest BCUT2D eigenvalue weighted by Gasteiger charge is -2.18. The molecule has 0 saturated carbocycles. The van der Waals surface area contributed by atoms with Crippen LogP contribution in [0.25, 0.3) is 11.2 Å². The van der Waals surface area contributed by atoms with E-state index in [1.165, 1.54) is 11.6 Å². The minimum absolute atomic E-state index is 0.0214. The molecule has 1 aromatic carbocycles. The molecule has 1 atom stereocenters. The quantitative estimate of drug-likeness (QED) is 0.498. The maximum atomic E-state index is 12.4. The molecule has 1 unspecified atom stereocenters. The van der Waals surface area contributed by atoms with Crippen molar-refractivity contribution in [2.24, 2.45) is 7.05 Å². The standard InChI is InChI=1S/C21H27N5O5/c1-11(2)31-14-7-6-13(10-15(14)30-5)12(3)22-17(27)9-8-16-23-18-19(24-16)26(4)21(29)25-20(18)28/h6-7,10-12H,8-9H2,1-5H3,(H,22,27)(H,23,24)(H,25,28,29). The van der Waals surface area contributed by atoms with Gasteiger partial charge in [0.1, 0.15) is 11.3 Å². The van der Waals surface area contributed by atoms with Gasteiger partial charge < -0.3 is 19.8 Å². The molecule has 0 fully saturated rings. The lowest BCUT2D eigenvalue weighted by atomic mass is 10.1. The van der Waals surface area contributed by atoms with Crippen molar-refractivity contribution in [3.05, 3.63) is 50.4 Å². The van der Waals surface area contributed by atoms with Crippen molar-refractivity contribution in [2.75, 3.05) is 7.11 Å². The Morgan fingerprint density at radius 3 is 2.61 bits per heavy atom. The molecule has 166 valence electrons. The molecule has 31 heavy (non-hydrogen) atoms. The number of aromatic amines is 2. The van der Waals surface area contributed by atoms with Gasteiger partial charge in [0.05, 0.1) is 19.3 Å². The Balaban J connectivity index is 1.65. The lowest BCUT2D eigenvalue weighted by Crippen LogP contribution is -2.28. The van der Waals surface area contributed by atoms with Gasteiger partial charge >= 0.3 is 5.69 Å². The van der Waals surface area contributed by atoms with Crippen LogP contribution in [-0.2, 0) is 18.3 Å². The van der Waals surface area contributed by atoms with Crippen LogP contribution < -0.4 is 26.0 Å². The molecule has 3 rings (SSSR count). The number of aromatic nitrogens is 4. The Morgan fingerprint density at radius 2 is 1.94 bits per heavy atom. The summed E-state index contributed by atoms with van der Waals surface area (Å²) in [5.74, 6) is 1.54. The van der Waals surface area contributed by atoms with Gasteiger partial charge in [-0.15, -0.1) is 0 Å². The smallest absolute Gasteiger partial charge is 0.329 e. The Hall–Kier alpha value is -3.56. The van der Waals surface area contributed by atoms with Crippen LogP contribution in [0.1, 0.15) is 44.6 Å². The molecule has 0 saturated heterocycles. The zero-order valence-corrected chi connectivity index (χ0v) is 18.2. The number of H-pyrrole nitrogens is 2. The van der Waals surface area contributed by atoms with Crippen LogP contribution in [0.2, 0.25) is 0 Å². The Morgan fingerprint density at radius 1 is 1.19 bits per heavy atom. The van der Waals surface area contributed by atoms with Crippen LogP contribution >= 0.6 is 0 Å². The molecule has 10 nitrogen and oxygen atoms in total. The van der Waals surface area contributed by atoms with Crippen LogP contribution in [0, 0.1) is 0 Å². The first-order valence-electron chi connectivity index (χ1n) is 10.0. The molecule has 0 radical (unpaired) electrons. The molecule has 2 aromatic heterocycles. The minimum atomic E-state index is -0.539. The molecule has 10 heteroatoms. The third kappa shape index (κ3) is 4.96. The maximum Gasteiger partial charge on any atom is 0.329 e. The highest BCUT2D eigenvalue weighted by atomic mass is 16.5. The number of hydrogen-bond acceptors (Lipinski definition) is 6. The number of carbonyl (C=O) groups excluding carboxylic acids is 1. The number of carbonyl (C=O) groups is 1. The summed E-state index contributed by atoms with van der Waals surface area (Å²) in [5, 5.41) is 2.94. The number of nitrogens with one attached hydrogen (secondary N) is 3. The fourth-order valence-electron chi connectivity index (χ4n) is 3.20. The first kappa shape index (κ1) is 22.1. The van der Waals surface area contributed by atoms with E-state index in [1.54, 1.807) is 7.11 Å². The average molecular weight is 429 g/mol. The number of methoxy groups -OCH3 is 1. The SMILES string of the molecule is COc1cc(C(C)NC(=O)CCc2nc3c([nH]2)c(=O)[nH]c(=O)n3C)ccc1OC(C)C. The molecule has 0 bridgehead atoms. The Bertz CT molecular complexity index is 1210. The number of nitrogens with zero attached hydrogens (tertiary/aromatic N) is 2. The number of rotatable bonds is 8. The van der Waals surface area contributed by atoms with Crippen molar-refractivity contribution in [1.29, 1.82) is 0 Å². The summed E-state index contributed by atoms with van der Waals surface area (Å²) in [5.41, 5.74) is 0.276. The van der Waals surface area contributed by atoms with Gasteiger partial charge in [0.25, 0.3) is 5.56 Å². The molecule has 0 spiro atoms. The summed E-state index contributed by atoms with van der Waals surface area (Å²) in [6, 6.07) is 5.31. The largest absolute Gasteiger partial charge is 0.493 e. The molecule has 0 aliphatic heterocycles. The molecular weight excluding hydrogens is 402 g/mol. The van der Waals surface area contributed by atoms with Crippen LogP contribution in [0.15, 0.2) is 27.8 Å². The third-order valence-corrected chi connectivity index (χ3v) is 4.82. The van der Waals surface area contributed by atoms with Crippen LogP contribution in [0.4, 0.5) is 0 Å². The van der Waals surface area contributed by atoms with Crippen molar-refractivity contribution in [2.45, 2.75) is 45.8 Å². The first-order valence-corrected chi connectivity index (χ1v) is 10.0. The van der Waals surface area contributed by atoms with E-state index in [-0.39, 0.29) is 35.6 Å². The van der Waals surface area contributed by atoms with Gasteiger partial charge in [0.15, 0.2) is 17.1 Å². The predicted molar refractivity (Wildman–Crippen MR) is 116 cm³/mol. The monoisotopic (exact) mass is 429 g/mol. The van der Waals surface area contributed by atoms with E-state index in [0.29, 0.717) is 23.7 Å². The van der Waals surface area contributed by atoms with E-state index in [2.05, 4.69) is 20.3 Å². The van der Waals surface area contributed by atoms with Gasteiger partial charge in [0, 0.05) is 19.9 Å². The van der Waals surface area contributed by atoms with Crippen LogP contribution in [-0.4, -0.2) is 38.6 Å². The molecule has 2 heterocycles. The van der Waals surface area contributed by atoms with Gasteiger partial charge in [-0.05, 0) is 38.5 Å². The zero-order chi connectivity index (χ0) is 22.7. The van der Waals surface area contributed by atoms with Gasteiger partial charge in [-0.1, -0.05) is 6.07 Å². The highest BCUT2D eigenvalue weighted by molar-refractivity contribution is 5.77. The summed E-state index contributed by atoms with van der Waals surface area (Å²) in [6.45, 7) is 5.76. The van der Waals surface area contributed by atoms with E-state index in [1.807, 2.05) is 39.0 Å². The molecule has 0 aliphatic rings. The molecule has 3 aromatic rings. The summed E-state index contributed by atoms with van der Waals surface area (Å²) in [4.78, 5) is 45.4. The number of benzene rings is 1. The summed E-state index contributed by atoms with van der Waals surface area (Å²) >= 11 is 0. The van der Waals surface area contributed by atoms with E-state index < -0.39 is 11.2 Å². The molecular formula is C21H27N5O5. The Labute approximate surface area is 178 Å². The van der Waals surface area contributed by atoms with Crippen molar-refractivity contribution >= 4 is 17.1 Å². The number of fused-ring (bicyclic) bond motifs is 1. The Kier molecular flexibility index (Phi) is 6.47. The predicted octanol–water partition coefficient (Wildman–Crippen LogP) is 1.56. The highest BCUT2D eigenvalue weighted by Crippen LogP contribution is 2.31. The molecule has 3 N–H and O–H groups in total. The lowest BCUT2D eigenvalue weighted by molar-refractivity contribution is -0.121. The van der Waals surface area contributed by atoms with Gasteiger partial charge in [-0.3, -0.25) is 19.1 Å². The van der Waals surface area contributed by atoms with Crippen molar-refractivity contribution in [1.82, 2.24) is 24.8 Å². The first-order chi connectivity index (χ1) is 14.7. The van der Waals surface area contributed by atoms with E-state index >= 15 is 0 Å². The van der Waals surface area contributed by atoms with Crippen LogP contribution in [0.3, 0.4) is 0 Å². The number of hydrogen-bond donors (Lipinski definition) is 3. The maximum absolute atomic E-state index is 12.4. The van der Waals surface area contributed by atoms with E-state index in [4.69, 9.17) is 9.47 Å². The number of aryl methyl sites for hydroxylation is 2.